The molecule has 2 N–H and O–H groups in total. The van der Waals surface area contributed by atoms with E-state index in [9.17, 15) is 9.59 Å². The summed E-state index contributed by atoms with van der Waals surface area (Å²) in [4.78, 5) is 27.9. The fraction of sp³-hybridized carbons (Fsp3) is 0.407. The lowest BCUT2D eigenvalue weighted by Crippen LogP contribution is -2.43. The topological polar surface area (TPSA) is 83.8 Å². The summed E-state index contributed by atoms with van der Waals surface area (Å²) in [6.45, 7) is 12.8. The van der Waals surface area contributed by atoms with Gasteiger partial charge in [-0.15, -0.1) is 0 Å². The number of aryl methyl sites for hydroxylation is 1. The summed E-state index contributed by atoms with van der Waals surface area (Å²) in [5.41, 5.74) is 2.89. The Balaban J connectivity index is 1.72. The second kappa shape index (κ2) is 9.50. The van der Waals surface area contributed by atoms with Crippen LogP contribution in [-0.4, -0.2) is 37.7 Å². The van der Waals surface area contributed by atoms with Crippen LogP contribution in [0.4, 0.5) is 11.6 Å². The highest BCUT2D eigenvalue weighted by Crippen LogP contribution is 2.31. The van der Waals surface area contributed by atoms with Crippen LogP contribution in [-0.2, 0) is 4.74 Å². The van der Waals surface area contributed by atoms with Crippen LogP contribution in [0, 0.1) is 6.92 Å². The first-order chi connectivity index (χ1) is 16.1. The normalized spacial score (nSPS) is 15.3. The molecule has 7 nitrogen and oxygen atoms in total. The van der Waals surface area contributed by atoms with Crippen molar-refractivity contribution >= 4 is 28.5 Å². The van der Waals surface area contributed by atoms with Gasteiger partial charge in [-0.05, 0) is 58.4 Å². The molecule has 0 bridgehead atoms. The van der Waals surface area contributed by atoms with Gasteiger partial charge >= 0.3 is 5.97 Å². The van der Waals surface area contributed by atoms with E-state index in [0.29, 0.717) is 28.1 Å². The van der Waals surface area contributed by atoms with Gasteiger partial charge in [0.1, 0.15) is 11.2 Å². The van der Waals surface area contributed by atoms with E-state index in [-0.39, 0.29) is 17.4 Å². The maximum absolute atomic E-state index is 13.0. The van der Waals surface area contributed by atoms with Crippen LogP contribution in [0.3, 0.4) is 0 Å². The van der Waals surface area contributed by atoms with Crippen LogP contribution in [0.25, 0.3) is 11.0 Å². The lowest BCUT2D eigenvalue weighted by molar-refractivity contribution is 0.00706. The summed E-state index contributed by atoms with van der Waals surface area (Å²) in [6, 6.07) is 12.6. The first-order valence-corrected chi connectivity index (χ1v) is 11.8. The molecule has 1 atom stereocenters. The summed E-state index contributed by atoms with van der Waals surface area (Å²) < 4.78 is 11.9. The quantitative estimate of drug-likeness (QED) is 0.533. The molecule has 34 heavy (non-hydrogen) atoms. The lowest BCUT2D eigenvalue weighted by Gasteiger charge is -2.28. The molecule has 1 aliphatic heterocycles. The average molecular weight is 464 g/mol. The third kappa shape index (κ3) is 5.25. The van der Waals surface area contributed by atoms with Crippen molar-refractivity contribution in [1.29, 1.82) is 0 Å². The van der Waals surface area contributed by atoms with E-state index in [1.807, 2.05) is 65.0 Å². The van der Waals surface area contributed by atoms with Gasteiger partial charge in [0.15, 0.2) is 11.3 Å². The van der Waals surface area contributed by atoms with E-state index in [0.717, 1.165) is 37.3 Å². The molecule has 2 heterocycles. The minimum absolute atomic E-state index is 0.0545. The van der Waals surface area contributed by atoms with Crippen molar-refractivity contribution in [3.63, 3.8) is 0 Å². The summed E-state index contributed by atoms with van der Waals surface area (Å²) in [7, 11) is 0. The van der Waals surface area contributed by atoms with Gasteiger partial charge in [-0.2, -0.15) is 0 Å². The van der Waals surface area contributed by atoms with Gasteiger partial charge in [0.05, 0.1) is 17.0 Å². The number of piperazine rings is 1. The van der Waals surface area contributed by atoms with Gasteiger partial charge in [0.2, 0.25) is 0 Å². The molecular formula is C27H33N3O4. The number of hydrogen-bond acceptors (Lipinski definition) is 7. The minimum Gasteiger partial charge on any atom is -0.456 e. The highest BCUT2D eigenvalue weighted by molar-refractivity contribution is 5.96. The molecular weight excluding hydrogens is 430 g/mol. The van der Waals surface area contributed by atoms with Crippen LogP contribution in [0.1, 0.15) is 55.2 Å². The summed E-state index contributed by atoms with van der Waals surface area (Å²) in [5, 5.41) is 7.32. The Labute approximate surface area is 200 Å². The van der Waals surface area contributed by atoms with Gasteiger partial charge < -0.3 is 24.7 Å². The molecule has 0 saturated carbocycles. The first kappa shape index (κ1) is 23.8. The molecule has 1 fully saturated rings. The Morgan fingerprint density at radius 3 is 2.56 bits per heavy atom. The molecule has 4 rings (SSSR count). The molecule has 0 amide bonds. The Morgan fingerprint density at radius 2 is 1.85 bits per heavy atom. The zero-order chi connectivity index (χ0) is 24.5. The van der Waals surface area contributed by atoms with Crippen molar-refractivity contribution < 1.29 is 13.9 Å². The average Bonchev–Trinajstić information content (AvgIpc) is 2.78. The smallest absolute Gasteiger partial charge is 0.340 e. The molecule has 1 aromatic heterocycles. The molecule has 2 aromatic carbocycles. The number of anilines is 2. The SMILES string of the molecule is Cc1cc([C@@H](C)Nc2ccccc2C(=O)OC(C)(C)C)c2oc(N3CCNCC3)cc(=O)c2c1. The standard InChI is InChI=1S/C27H33N3O4/c1-17-14-20(18(2)29-22-9-7-6-8-19(22)26(32)34-27(3,4)5)25-21(15-17)23(31)16-24(33-25)30-12-10-28-11-13-30/h6-9,14-16,18,28-29H,10-13H2,1-5H3/t18-/m1/s1. The number of rotatable bonds is 5. The van der Waals surface area contributed by atoms with Crippen LogP contribution >= 0.6 is 0 Å². The number of hydrogen-bond donors (Lipinski definition) is 2. The number of para-hydroxylation sites is 1. The third-order valence-corrected chi connectivity index (χ3v) is 5.80. The second-order valence-corrected chi connectivity index (χ2v) is 9.83. The molecule has 0 radical (unpaired) electrons. The largest absolute Gasteiger partial charge is 0.456 e. The highest BCUT2D eigenvalue weighted by atomic mass is 16.6. The number of nitrogens with one attached hydrogen (secondary N) is 2. The molecule has 180 valence electrons. The van der Waals surface area contributed by atoms with E-state index in [2.05, 4.69) is 15.5 Å². The number of fused-ring (bicyclic) bond motifs is 1. The van der Waals surface area contributed by atoms with Crippen molar-refractivity contribution in [3.05, 3.63) is 69.4 Å². The van der Waals surface area contributed by atoms with E-state index < -0.39 is 5.60 Å². The number of carbonyl (C=O) groups excluding carboxylic acids is 1. The van der Waals surface area contributed by atoms with Gasteiger partial charge in [0, 0.05) is 43.5 Å². The molecule has 3 aromatic rings. The van der Waals surface area contributed by atoms with E-state index >= 15 is 0 Å². The lowest BCUT2D eigenvalue weighted by atomic mass is 10.0. The fourth-order valence-electron chi connectivity index (χ4n) is 4.22. The number of benzene rings is 2. The number of ether oxygens (including phenoxy) is 1. The highest BCUT2D eigenvalue weighted by Gasteiger charge is 2.23. The molecule has 1 aliphatic rings. The van der Waals surface area contributed by atoms with Gasteiger partial charge in [-0.3, -0.25) is 4.79 Å². The van der Waals surface area contributed by atoms with Crippen molar-refractivity contribution in [2.24, 2.45) is 0 Å². The van der Waals surface area contributed by atoms with E-state index in [4.69, 9.17) is 9.15 Å². The van der Waals surface area contributed by atoms with Crippen LogP contribution in [0.5, 0.6) is 0 Å². The zero-order valence-electron chi connectivity index (χ0n) is 20.5. The van der Waals surface area contributed by atoms with Gasteiger partial charge in [-0.25, -0.2) is 4.79 Å². The fourth-order valence-corrected chi connectivity index (χ4v) is 4.22. The molecule has 1 saturated heterocycles. The van der Waals surface area contributed by atoms with E-state index in [1.165, 1.54) is 0 Å². The van der Waals surface area contributed by atoms with Crippen LogP contribution < -0.4 is 21.0 Å². The maximum atomic E-state index is 13.0. The minimum atomic E-state index is -0.591. The molecule has 7 heteroatoms. The first-order valence-electron chi connectivity index (χ1n) is 11.8. The summed E-state index contributed by atoms with van der Waals surface area (Å²) in [6.07, 6.45) is 0. The maximum Gasteiger partial charge on any atom is 0.340 e. The number of carbonyl (C=O) groups is 1. The molecule has 0 aliphatic carbocycles. The van der Waals surface area contributed by atoms with E-state index in [1.54, 1.807) is 12.1 Å². The Morgan fingerprint density at radius 1 is 1.15 bits per heavy atom. The van der Waals surface area contributed by atoms with Crippen LogP contribution in [0.15, 0.2) is 51.7 Å². The monoisotopic (exact) mass is 463 g/mol. The molecule has 0 unspecified atom stereocenters. The van der Waals surface area contributed by atoms with Crippen molar-refractivity contribution in [2.75, 3.05) is 36.4 Å². The predicted molar refractivity (Wildman–Crippen MR) is 136 cm³/mol. The number of nitrogens with zero attached hydrogens (tertiary/aromatic N) is 1. The van der Waals surface area contributed by atoms with Crippen LogP contribution in [0.2, 0.25) is 0 Å². The molecule has 0 spiro atoms. The number of esters is 1. The Hall–Kier alpha value is -3.32. The Bertz CT molecular complexity index is 1250. The summed E-state index contributed by atoms with van der Waals surface area (Å²) >= 11 is 0. The predicted octanol–water partition coefficient (Wildman–Crippen LogP) is 4.64. The second-order valence-electron chi connectivity index (χ2n) is 9.83. The Kier molecular flexibility index (Phi) is 6.66. The third-order valence-electron chi connectivity index (χ3n) is 5.80. The summed E-state index contributed by atoms with van der Waals surface area (Å²) in [5.74, 6) is 0.204. The van der Waals surface area contributed by atoms with Crippen molar-refractivity contribution in [1.82, 2.24) is 5.32 Å². The van der Waals surface area contributed by atoms with Crippen molar-refractivity contribution in [2.45, 2.75) is 46.3 Å². The van der Waals surface area contributed by atoms with Gasteiger partial charge in [0.25, 0.3) is 0 Å². The zero-order valence-corrected chi connectivity index (χ0v) is 20.5. The van der Waals surface area contributed by atoms with Crippen molar-refractivity contribution in [3.8, 4) is 0 Å². The van der Waals surface area contributed by atoms with Gasteiger partial charge in [-0.1, -0.05) is 18.2 Å².